The summed E-state index contributed by atoms with van der Waals surface area (Å²) in [6, 6.07) is 17.8. The quantitative estimate of drug-likeness (QED) is 0.785. The molecule has 0 atom stereocenters. The third kappa shape index (κ3) is 4.08. The molecule has 2 aromatic rings. The van der Waals surface area contributed by atoms with Crippen LogP contribution in [0.15, 0.2) is 54.6 Å². The van der Waals surface area contributed by atoms with Crippen molar-refractivity contribution in [2.75, 3.05) is 18.0 Å². The van der Waals surface area contributed by atoms with Crippen molar-refractivity contribution >= 4 is 17.5 Å². The minimum absolute atomic E-state index is 0.0744. The highest BCUT2D eigenvalue weighted by Gasteiger charge is 2.25. The van der Waals surface area contributed by atoms with Crippen LogP contribution in [0.1, 0.15) is 30.9 Å². The summed E-state index contributed by atoms with van der Waals surface area (Å²) in [4.78, 5) is 28.9. The fraction of sp³-hybridized carbons (Fsp3) is 0.333. The van der Waals surface area contributed by atoms with Gasteiger partial charge < -0.3 is 9.80 Å². The largest absolute Gasteiger partial charge is 0.338 e. The molecule has 1 aliphatic heterocycles. The molecule has 1 aliphatic rings. The van der Waals surface area contributed by atoms with Gasteiger partial charge in [-0.3, -0.25) is 9.59 Å². The Morgan fingerprint density at radius 1 is 1.04 bits per heavy atom. The second-order valence-electron chi connectivity index (χ2n) is 6.35. The first kappa shape index (κ1) is 17.2. The third-order valence-electron chi connectivity index (χ3n) is 4.66. The molecule has 0 saturated heterocycles. The zero-order valence-electron chi connectivity index (χ0n) is 14.6. The Morgan fingerprint density at radius 3 is 2.52 bits per heavy atom. The first-order valence-electron chi connectivity index (χ1n) is 8.89. The van der Waals surface area contributed by atoms with E-state index in [0.717, 1.165) is 24.1 Å². The number of aryl methyl sites for hydroxylation is 1. The molecule has 2 amide bonds. The number of hydrogen-bond acceptors (Lipinski definition) is 2. The Balaban J connectivity index is 1.67. The van der Waals surface area contributed by atoms with Crippen molar-refractivity contribution in [3.8, 4) is 0 Å². The van der Waals surface area contributed by atoms with E-state index in [-0.39, 0.29) is 18.2 Å². The molecule has 130 valence electrons. The number of carbonyl (C=O) groups is 2. The molecule has 0 radical (unpaired) electrons. The Morgan fingerprint density at radius 2 is 1.76 bits per heavy atom. The smallest absolute Gasteiger partial charge is 0.236 e. The molecule has 0 unspecified atom stereocenters. The van der Waals surface area contributed by atoms with Crippen LogP contribution in [0, 0.1) is 0 Å². The van der Waals surface area contributed by atoms with Gasteiger partial charge in [0.05, 0.1) is 0 Å². The average molecular weight is 336 g/mol. The van der Waals surface area contributed by atoms with Crippen LogP contribution >= 0.6 is 0 Å². The number of rotatable bonds is 5. The number of amides is 2. The molecule has 4 nitrogen and oxygen atoms in total. The van der Waals surface area contributed by atoms with E-state index in [2.05, 4.69) is 6.07 Å². The van der Waals surface area contributed by atoms with Gasteiger partial charge in [-0.05, 0) is 37.0 Å². The Bertz CT molecular complexity index is 743. The van der Waals surface area contributed by atoms with E-state index in [9.17, 15) is 9.59 Å². The molecule has 0 aromatic heterocycles. The normalized spacial score (nSPS) is 13.2. The Hall–Kier alpha value is -2.62. The van der Waals surface area contributed by atoms with Crippen molar-refractivity contribution in [3.63, 3.8) is 0 Å². The van der Waals surface area contributed by atoms with Gasteiger partial charge in [0.25, 0.3) is 0 Å². The number of carbonyl (C=O) groups excluding carboxylic acids is 2. The molecule has 0 N–H and O–H groups in total. The lowest BCUT2D eigenvalue weighted by Gasteiger charge is -2.30. The fourth-order valence-electron chi connectivity index (χ4n) is 3.31. The van der Waals surface area contributed by atoms with Gasteiger partial charge in [-0.15, -0.1) is 0 Å². The second kappa shape index (κ2) is 7.97. The monoisotopic (exact) mass is 336 g/mol. The van der Waals surface area contributed by atoms with Gasteiger partial charge >= 0.3 is 0 Å². The highest BCUT2D eigenvalue weighted by molar-refractivity contribution is 6.05. The summed E-state index contributed by atoms with van der Waals surface area (Å²) < 4.78 is 0. The van der Waals surface area contributed by atoms with Gasteiger partial charge in [0.2, 0.25) is 11.8 Å². The minimum Gasteiger partial charge on any atom is -0.338 e. The lowest BCUT2D eigenvalue weighted by atomic mass is 10.0. The predicted octanol–water partition coefficient (Wildman–Crippen LogP) is 3.40. The van der Waals surface area contributed by atoms with Crippen molar-refractivity contribution in [3.05, 3.63) is 65.7 Å². The Labute approximate surface area is 149 Å². The molecule has 0 bridgehead atoms. The topological polar surface area (TPSA) is 40.6 Å². The fourth-order valence-corrected chi connectivity index (χ4v) is 3.31. The minimum atomic E-state index is -0.112. The molecule has 25 heavy (non-hydrogen) atoms. The number of benzene rings is 2. The zero-order chi connectivity index (χ0) is 17.6. The molecule has 4 heteroatoms. The average Bonchev–Trinajstić information content (AvgIpc) is 2.66. The number of anilines is 1. The maximum Gasteiger partial charge on any atom is 0.236 e. The van der Waals surface area contributed by atoms with Crippen LogP contribution in [-0.2, 0) is 22.6 Å². The second-order valence-corrected chi connectivity index (χ2v) is 6.35. The van der Waals surface area contributed by atoms with Crippen molar-refractivity contribution in [1.29, 1.82) is 0 Å². The van der Waals surface area contributed by atoms with E-state index in [4.69, 9.17) is 0 Å². The first-order chi connectivity index (χ1) is 12.2. The number of fused-ring (bicyclic) bond motifs is 1. The molecule has 0 aliphatic carbocycles. The predicted molar refractivity (Wildman–Crippen MR) is 99.3 cm³/mol. The highest BCUT2D eigenvalue weighted by atomic mass is 16.2. The van der Waals surface area contributed by atoms with E-state index in [0.29, 0.717) is 19.6 Å². The maximum atomic E-state index is 12.7. The molecule has 1 heterocycles. The van der Waals surface area contributed by atoms with E-state index in [1.807, 2.05) is 55.5 Å². The van der Waals surface area contributed by atoms with Crippen molar-refractivity contribution in [2.24, 2.45) is 0 Å². The summed E-state index contributed by atoms with van der Waals surface area (Å²) in [6.45, 7) is 3.77. The first-order valence-corrected chi connectivity index (χ1v) is 8.89. The van der Waals surface area contributed by atoms with Crippen LogP contribution in [0.2, 0.25) is 0 Å². The van der Waals surface area contributed by atoms with E-state index < -0.39 is 0 Å². The molecule has 3 rings (SSSR count). The van der Waals surface area contributed by atoms with E-state index in [1.165, 1.54) is 5.56 Å². The molecule has 0 spiro atoms. The van der Waals surface area contributed by atoms with Crippen molar-refractivity contribution in [2.45, 2.75) is 32.7 Å². The number of para-hydroxylation sites is 1. The highest BCUT2D eigenvalue weighted by Crippen LogP contribution is 2.27. The van der Waals surface area contributed by atoms with Crippen LogP contribution in [-0.4, -0.2) is 29.8 Å². The lowest BCUT2D eigenvalue weighted by molar-refractivity contribution is -0.135. The van der Waals surface area contributed by atoms with Crippen LogP contribution < -0.4 is 4.90 Å². The third-order valence-corrected chi connectivity index (χ3v) is 4.66. The molecular weight excluding hydrogens is 312 g/mol. The summed E-state index contributed by atoms with van der Waals surface area (Å²) in [5, 5.41) is 0. The molecule has 2 aromatic carbocycles. The van der Waals surface area contributed by atoms with Gasteiger partial charge in [-0.2, -0.15) is 0 Å². The number of nitrogens with zero attached hydrogens (tertiary/aromatic N) is 2. The molecule has 0 saturated carbocycles. The van der Waals surface area contributed by atoms with E-state index >= 15 is 0 Å². The van der Waals surface area contributed by atoms with Crippen LogP contribution in [0.5, 0.6) is 0 Å². The van der Waals surface area contributed by atoms with Gasteiger partial charge in [0.15, 0.2) is 0 Å². The lowest BCUT2D eigenvalue weighted by Crippen LogP contribution is -2.40. The van der Waals surface area contributed by atoms with Gasteiger partial charge in [-0.25, -0.2) is 0 Å². The number of hydrogen-bond donors (Lipinski definition) is 0. The van der Waals surface area contributed by atoms with Gasteiger partial charge in [0, 0.05) is 25.3 Å². The van der Waals surface area contributed by atoms with Crippen LogP contribution in [0.3, 0.4) is 0 Å². The SMILES string of the molecule is CCN(Cc1ccccc1)C(=O)CC(=O)N1CCCc2ccccc21. The molecular formula is C21H24N2O2. The Kier molecular flexibility index (Phi) is 5.49. The summed E-state index contributed by atoms with van der Waals surface area (Å²) in [6.07, 6.45) is 1.86. The van der Waals surface area contributed by atoms with Crippen LogP contribution in [0.4, 0.5) is 5.69 Å². The van der Waals surface area contributed by atoms with Crippen LogP contribution in [0.25, 0.3) is 0 Å². The van der Waals surface area contributed by atoms with Crippen molar-refractivity contribution < 1.29 is 9.59 Å². The van der Waals surface area contributed by atoms with Crippen molar-refractivity contribution in [1.82, 2.24) is 4.90 Å². The standard InChI is InChI=1S/C21H24N2O2/c1-2-22(16-17-9-4-3-5-10-17)20(24)15-21(25)23-14-8-12-18-11-6-7-13-19(18)23/h3-7,9-11,13H,2,8,12,14-16H2,1H3. The zero-order valence-corrected chi connectivity index (χ0v) is 14.6. The summed E-state index contributed by atoms with van der Waals surface area (Å²) in [5.74, 6) is -0.219. The van der Waals surface area contributed by atoms with E-state index in [1.54, 1.807) is 9.80 Å². The van der Waals surface area contributed by atoms with Gasteiger partial charge in [-0.1, -0.05) is 48.5 Å². The summed E-state index contributed by atoms with van der Waals surface area (Å²) >= 11 is 0. The molecule has 0 fully saturated rings. The maximum absolute atomic E-state index is 12.7. The summed E-state index contributed by atoms with van der Waals surface area (Å²) in [5.41, 5.74) is 3.22. The summed E-state index contributed by atoms with van der Waals surface area (Å²) in [7, 11) is 0. The van der Waals surface area contributed by atoms with Gasteiger partial charge in [0.1, 0.15) is 6.42 Å².